The van der Waals surface area contributed by atoms with Crippen molar-refractivity contribution in [3.05, 3.63) is 33.7 Å². The highest BCUT2D eigenvalue weighted by molar-refractivity contribution is 9.10. The molecule has 2 heterocycles. The van der Waals surface area contributed by atoms with Crippen molar-refractivity contribution >= 4 is 27.3 Å². The summed E-state index contributed by atoms with van der Waals surface area (Å²) >= 11 is 5.25. The quantitative estimate of drug-likeness (QED) is 0.781. The van der Waals surface area contributed by atoms with Gasteiger partial charge in [0.2, 0.25) is 0 Å². The van der Waals surface area contributed by atoms with Crippen molar-refractivity contribution in [3.8, 4) is 10.6 Å². The molecule has 0 radical (unpaired) electrons. The highest BCUT2D eigenvalue weighted by Crippen LogP contribution is 2.35. The summed E-state index contributed by atoms with van der Waals surface area (Å²) in [5.74, 6) is 1.61. The van der Waals surface area contributed by atoms with Gasteiger partial charge in [-0.1, -0.05) is 39.4 Å². The summed E-state index contributed by atoms with van der Waals surface area (Å²) < 4.78 is 1.10. The summed E-state index contributed by atoms with van der Waals surface area (Å²) in [5, 5.41) is 11.2. The number of halogens is 1. The molecule has 1 aromatic carbocycles. The highest BCUT2D eigenvalue weighted by Gasteiger charge is 2.28. The molecule has 2 fully saturated rings. The molecule has 1 aliphatic carbocycles. The van der Waals surface area contributed by atoms with Gasteiger partial charge < -0.3 is 4.90 Å². The lowest BCUT2D eigenvalue weighted by Gasteiger charge is -2.30. The lowest BCUT2D eigenvalue weighted by Crippen LogP contribution is -2.34. The molecule has 0 atom stereocenters. The van der Waals surface area contributed by atoms with E-state index in [0.29, 0.717) is 5.92 Å². The topological polar surface area (TPSA) is 29.0 Å². The summed E-state index contributed by atoms with van der Waals surface area (Å²) in [6, 6.07) is 8.33. The van der Waals surface area contributed by atoms with Gasteiger partial charge >= 0.3 is 0 Å². The van der Waals surface area contributed by atoms with E-state index in [9.17, 15) is 0 Å². The van der Waals surface area contributed by atoms with Crippen molar-refractivity contribution < 1.29 is 0 Å². The molecular weight excluding hydrogens is 358 g/mol. The van der Waals surface area contributed by atoms with Gasteiger partial charge in [-0.3, -0.25) is 0 Å². The van der Waals surface area contributed by atoms with E-state index < -0.39 is 0 Å². The normalized spacial score (nSPS) is 20.4. The van der Waals surface area contributed by atoms with Crippen LogP contribution in [0.1, 0.15) is 36.6 Å². The number of hydrogen-bond acceptors (Lipinski definition) is 4. The molecule has 1 saturated carbocycles. The Morgan fingerprint density at radius 1 is 1.05 bits per heavy atom. The Morgan fingerprint density at radius 2 is 1.77 bits per heavy atom. The van der Waals surface area contributed by atoms with Crippen LogP contribution < -0.4 is 0 Å². The zero-order chi connectivity index (χ0) is 14.9. The molecule has 3 nitrogen and oxygen atoms in total. The molecule has 116 valence electrons. The molecule has 4 rings (SSSR count). The molecule has 0 N–H and O–H groups in total. The Morgan fingerprint density at radius 3 is 2.45 bits per heavy atom. The van der Waals surface area contributed by atoms with Crippen molar-refractivity contribution in [2.45, 2.75) is 31.6 Å². The molecule has 0 bridgehead atoms. The van der Waals surface area contributed by atoms with Gasteiger partial charge in [0.1, 0.15) is 10.0 Å². The summed E-state index contributed by atoms with van der Waals surface area (Å²) in [6.45, 7) is 3.79. The molecule has 5 heteroatoms. The average Bonchev–Trinajstić information content (AvgIpc) is 3.22. The van der Waals surface area contributed by atoms with Gasteiger partial charge in [0.25, 0.3) is 0 Å². The van der Waals surface area contributed by atoms with E-state index >= 15 is 0 Å². The minimum absolute atomic E-state index is 0.608. The molecule has 0 unspecified atom stereocenters. The summed E-state index contributed by atoms with van der Waals surface area (Å²) in [4.78, 5) is 2.64. The van der Waals surface area contributed by atoms with Gasteiger partial charge in [0.05, 0.1) is 0 Å². The van der Waals surface area contributed by atoms with Gasteiger partial charge in [-0.15, -0.1) is 10.2 Å². The summed E-state index contributed by atoms with van der Waals surface area (Å²) in [5.41, 5.74) is 1.16. The van der Waals surface area contributed by atoms with Crippen LogP contribution in [0.25, 0.3) is 10.6 Å². The first-order valence-electron chi connectivity index (χ1n) is 8.09. The van der Waals surface area contributed by atoms with E-state index in [4.69, 9.17) is 0 Å². The zero-order valence-corrected chi connectivity index (χ0v) is 14.9. The van der Waals surface area contributed by atoms with E-state index in [2.05, 4.69) is 55.3 Å². The highest BCUT2D eigenvalue weighted by atomic mass is 79.9. The molecule has 1 aliphatic heterocycles. The summed E-state index contributed by atoms with van der Waals surface area (Å²) in [6.07, 6.45) is 5.38. The second kappa shape index (κ2) is 6.38. The Bertz CT molecular complexity index is 628. The molecule has 2 aromatic rings. The monoisotopic (exact) mass is 377 g/mol. The van der Waals surface area contributed by atoms with Gasteiger partial charge in [0.15, 0.2) is 0 Å². The van der Waals surface area contributed by atoms with Crippen LogP contribution >= 0.6 is 27.3 Å². The second-order valence-electron chi connectivity index (χ2n) is 6.47. The third kappa shape index (κ3) is 3.42. The second-order valence-corrected chi connectivity index (χ2v) is 8.40. The largest absolute Gasteiger partial charge is 0.303 e. The van der Waals surface area contributed by atoms with Gasteiger partial charge in [-0.2, -0.15) is 0 Å². The van der Waals surface area contributed by atoms with Crippen molar-refractivity contribution in [2.24, 2.45) is 5.92 Å². The van der Waals surface area contributed by atoms with Crippen LogP contribution in [0.4, 0.5) is 0 Å². The third-order valence-corrected chi connectivity index (χ3v) is 6.35. The Balaban J connectivity index is 1.40. The maximum absolute atomic E-state index is 4.48. The van der Waals surface area contributed by atoms with Crippen molar-refractivity contribution in [3.63, 3.8) is 0 Å². The number of rotatable bonds is 4. The lowest BCUT2D eigenvalue weighted by molar-refractivity contribution is 0.204. The predicted octanol–water partition coefficient (Wildman–Crippen LogP) is 4.56. The minimum atomic E-state index is 0.608. The van der Waals surface area contributed by atoms with Crippen LogP contribution in [0, 0.1) is 5.92 Å². The predicted molar refractivity (Wildman–Crippen MR) is 94.2 cm³/mol. The van der Waals surface area contributed by atoms with Crippen molar-refractivity contribution in [1.29, 1.82) is 0 Å². The van der Waals surface area contributed by atoms with E-state index in [1.165, 1.54) is 50.3 Å². The van der Waals surface area contributed by atoms with E-state index in [1.54, 1.807) is 11.3 Å². The molecular formula is C17H20BrN3S. The van der Waals surface area contributed by atoms with Crippen LogP contribution in [-0.4, -0.2) is 34.7 Å². The van der Waals surface area contributed by atoms with Gasteiger partial charge in [-0.05, 0) is 56.8 Å². The number of benzene rings is 1. The van der Waals surface area contributed by atoms with E-state index in [-0.39, 0.29) is 0 Å². The maximum atomic E-state index is 4.48. The van der Waals surface area contributed by atoms with Crippen LogP contribution in [-0.2, 0) is 0 Å². The fraction of sp³-hybridized carbons (Fsp3) is 0.529. The number of aromatic nitrogens is 2. The Hall–Kier alpha value is -0.780. The molecule has 0 amide bonds. The molecule has 1 aromatic heterocycles. The van der Waals surface area contributed by atoms with Gasteiger partial charge in [-0.25, -0.2) is 0 Å². The molecule has 22 heavy (non-hydrogen) atoms. The fourth-order valence-electron chi connectivity index (χ4n) is 3.14. The van der Waals surface area contributed by atoms with E-state index in [0.717, 1.165) is 21.0 Å². The molecule has 0 spiro atoms. The average molecular weight is 378 g/mol. The van der Waals surface area contributed by atoms with Crippen molar-refractivity contribution in [2.75, 3.05) is 19.6 Å². The first-order valence-corrected chi connectivity index (χ1v) is 9.70. The summed E-state index contributed by atoms with van der Waals surface area (Å²) in [7, 11) is 0. The standard InChI is InChI=1S/C17H20BrN3S/c18-15-5-3-13(4-6-15)16-19-20-17(22-16)14-7-9-21(10-8-14)11-12-1-2-12/h3-6,12,14H,1-2,7-11H2. The fourth-order valence-corrected chi connectivity index (χ4v) is 4.42. The number of piperidine rings is 1. The molecule has 1 saturated heterocycles. The first-order chi connectivity index (χ1) is 10.8. The van der Waals surface area contributed by atoms with Crippen LogP contribution in [0.2, 0.25) is 0 Å². The lowest BCUT2D eigenvalue weighted by atomic mass is 9.97. The minimum Gasteiger partial charge on any atom is -0.303 e. The zero-order valence-electron chi connectivity index (χ0n) is 12.5. The maximum Gasteiger partial charge on any atom is 0.147 e. The third-order valence-electron chi connectivity index (χ3n) is 4.68. The van der Waals surface area contributed by atoms with Crippen LogP contribution in [0.15, 0.2) is 28.7 Å². The number of hydrogen-bond donors (Lipinski definition) is 0. The SMILES string of the molecule is Brc1ccc(-c2nnc(C3CCN(CC4CC4)CC3)s2)cc1. The van der Waals surface area contributed by atoms with Crippen LogP contribution in [0.3, 0.4) is 0 Å². The number of likely N-dealkylation sites (tertiary alicyclic amines) is 1. The first kappa shape index (κ1) is 14.8. The van der Waals surface area contributed by atoms with Gasteiger partial charge in [0, 0.05) is 22.5 Å². The Kier molecular flexibility index (Phi) is 4.29. The van der Waals surface area contributed by atoms with E-state index in [1.807, 2.05) is 0 Å². The molecule has 2 aliphatic rings. The Labute approximate surface area is 143 Å². The smallest absolute Gasteiger partial charge is 0.147 e. The van der Waals surface area contributed by atoms with Crippen LogP contribution in [0.5, 0.6) is 0 Å². The number of nitrogens with zero attached hydrogens (tertiary/aromatic N) is 3. The van der Waals surface area contributed by atoms with Crippen molar-refractivity contribution in [1.82, 2.24) is 15.1 Å².